The molecule has 0 rings (SSSR count). The van der Waals surface area contributed by atoms with Gasteiger partial charge >= 0.3 is 21.1 Å². The Morgan fingerprint density at radius 3 is 0.909 bits per heavy atom. The maximum Gasteiger partial charge on any atom is 2.00 e. The second-order valence-electron chi connectivity index (χ2n) is 2.55. The van der Waals surface area contributed by atoms with Crippen molar-refractivity contribution >= 4 is 12.6 Å². The fraction of sp³-hybridized carbons (Fsp3) is 0.750. The first-order valence-corrected chi connectivity index (χ1v) is 3.29. The van der Waals surface area contributed by atoms with Crippen LogP contribution in [0, 0.1) is 11.8 Å². The zero-order valence-corrected chi connectivity index (χ0v) is 10.3. The van der Waals surface area contributed by atoms with Crippen LogP contribution in [0.4, 0.5) is 0 Å². The van der Waals surface area contributed by atoms with Gasteiger partial charge in [0.25, 0.3) is 0 Å². The van der Waals surface area contributed by atoms with E-state index in [4.69, 9.17) is 0 Å². The second kappa shape index (κ2) is 12.7. The van der Waals surface area contributed by atoms with Crippen LogP contribution in [0.25, 0.3) is 0 Å². The molecule has 0 unspecified atom stereocenters. The maximum absolute atomic E-state index is 9.38. The molecule has 0 fully saturated rings. The Hall–Kier alpha value is 0.0283. The summed E-state index contributed by atoms with van der Waals surface area (Å²) in [6.45, 7) is 7.19. The summed E-state index contributed by atoms with van der Waals surface area (Å²) in [6, 6.07) is 0. The Bertz CT molecular complexity index is 78.1. The molecule has 0 amide bonds. The maximum atomic E-state index is 9.38. The molecule has 0 aromatic carbocycles. The molecule has 0 aliphatic rings. The fourth-order valence-electron chi connectivity index (χ4n) is 0. The summed E-state index contributed by atoms with van der Waals surface area (Å²) >= 11 is 0. The summed E-state index contributed by atoms with van der Waals surface area (Å²) < 4.78 is 0. The molecule has 0 saturated heterocycles. The first kappa shape index (κ1) is 17.2. The molecular formula is C8H14O2W. The van der Waals surface area contributed by atoms with Gasteiger partial charge in [0.15, 0.2) is 0 Å². The van der Waals surface area contributed by atoms with Crippen molar-refractivity contribution in [2.75, 3.05) is 0 Å². The Balaban J connectivity index is -0.000000107. The summed E-state index contributed by atoms with van der Waals surface area (Å²) in [5.74, 6) is 0.157. The number of hydrogen-bond acceptors (Lipinski definition) is 2. The first-order chi connectivity index (χ1) is 4.54. The van der Waals surface area contributed by atoms with E-state index in [1.54, 1.807) is 40.3 Å². The standard InChI is InChI=1S/2C4H7O.W/c2*1-4(2)3-5;/h2*4H,1-2H3;/q2*-1;+2. The number of carbonyl (C=O) groups excluding carboxylic acids is 2. The molecule has 64 valence electrons. The SMILES string of the molecule is CC(C)[C-]=O.CC(C)[C-]=O.[W+2]. The Morgan fingerprint density at radius 1 is 0.818 bits per heavy atom. The van der Waals surface area contributed by atoms with Gasteiger partial charge < -0.3 is 9.59 Å². The van der Waals surface area contributed by atoms with E-state index in [1.807, 2.05) is 0 Å². The summed E-state index contributed by atoms with van der Waals surface area (Å²) in [4.78, 5) is 18.8. The van der Waals surface area contributed by atoms with E-state index < -0.39 is 0 Å². The Labute approximate surface area is 83.0 Å². The third kappa shape index (κ3) is 39.8. The van der Waals surface area contributed by atoms with Gasteiger partial charge in [0.2, 0.25) is 0 Å². The van der Waals surface area contributed by atoms with Crippen molar-refractivity contribution in [3.63, 3.8) is 0 Å². The molecule has 0 bridgehead atoms. The number of rotatable bonds is 2. The van der Waals surface area contributed by atoms with Crippen molar-refractivity contribution in [2.24, 2.45) is 11.8 Å². The van der Waals surface area contributed by atoms with Gasteiger partial charge in [0.05, 0.1) is 0 Å². The molecule has 0 N–H and O–H groups in total. The molecule has 0 aromatic rings. The van der Waals surface area contributed by atoms with E-state index in [0.717, 1.165) is 0 Å². The molecule has 3 heteroatoms. The van der Waals surface area contributed by atoms with Crippen LogP contribution in [-0.2, 0) is 30.7 Å². The second-order valence-corrected chi connectivity index (χ2v) is 2.55. The van der Waals surface area contributed by atoms with E-state index >= 15 is 0 Å². The smallest absolute Gasteiger partial charge is 0.542 e. The van der Waals surface area contributed by atoms with Gasteiger partial charge in [0, 0.05) is 0 Å². The van der Waals surface area contributed by atoms with Gasteiger partial charge in [-0.2, -0.15) is 0 Å². The summed E-state index contributed by atoms with van der Waals surface area (Å²) in [5.41, 5.74) is 0. The van der Waals surface area contributed by atoms with Gasteiger partial charge in [-0.05, 0) is 0 Å². The minimum Gasteiger partial charge on any atom is -0.542 e. The predicted molar refractivity (Wildman–Crippen MR) is 41.1 cm³/mol. The van der Waals surface area contributed by atoms with E-state index in [0.29, 0.717) is 0 Å². The van der Waals surface area contributed by atoms with Crippen LogP contribution in [0.1, 0.15) is 27.7 Å². The molecule has 0 heterocycles. The molecule has 0 aliphatic carbocycles. The third-order valence-corrected chi connectivity index (χ3v) is 0.471. The average molecular weight is 326 g/mol. The van der Waals surface area contributed by atoms with E-state index in [9.17, 15) is 9.59 Å². The van der Waals surface area contributed by atoms with Crippen molar-refractivity contribution in [3.05, 3.63) is 0 Å². The largest absolute Gasteiger partial charge is 2.00 e. The third-order valence-electron chi connectivity index (χ3n) is 0.471. The van der Waals surface area contributed by atoms with Gasteiger partial charge in [-0.15, -0.1) is 11.8 Å². The molecule has 0 radical (unpaired) electrons. The first-order valence-electron chi connectivity index (χ1n) is 3.29. The van der Waals surface area contributed by atoms with Gasteiger partial charge in [-0.1, -0.05) is 27.7 Å². The van der Waals surface area contributed by atoms with E-state index in [2.05, 4.69) is 0 Å². The molecule has 0 aromatic heterocycles. The van der Waals surface area contributed by atoms with Crippen molar-refractivity contribution in [1.82, 2.24) is 0 Å². The van der Waals surface area contributed by atoms with Crippen LogP contribution in [0.3, 0.4) is 0 Å². The minimum atomic E-state index is 0. The topological polar surface area (TPSA) is 34.1 Å². The quantitative estimate of drug-likeness (QED) is 0.721. The van der Waals surface area contributed by atoms with Gasteiger partial charge in [-0.25, -0.2) is 0 Å². The fourth-order valence-corrected chi connectivity index (χ4v) is 0. The molecular weight excluding hydrogens is 312 g/mol. The molecule has 0 spiro atoms. The van der Waals surface area contributed by atoms with Crippen LogP contribution < -0.4 is 0 Å². The minimum absolute atomic E-state index is 0. The number of hydrogen-bond donors (Lipinski definition) is 0. The van der Waals surface area contributed by atoms with Crippen LogP contribution in [0.2, 0.25) is 0 Å². The van der Waals surface area contributed by atoms with E-state index in [-0.39, 0.29) is 32.9 Å². The van der Waals surface area contributed by atoms with Gasteiger partial charge in [0.1, 0.15) is 0 Å². The molecule has 2 nitrogen and oxygen atoms in total. The van der Waals surface area contributed by atoms with Crippen LogP contribution >= 0.6 is 0 Å². The van der Waals surface area contributed by atoms with Crippen molar-refractivity contribution in [1.29, 1.82) is 0 Å². The Morgan fingerprint density at radius 2 is 0.909 bits per heavy atom. The molecule has 0 atom stereocenters. The van der Waals surface area contributed by atoms with E-state index in [1.165, 1.54) is 0 Å². The summed E-state index contributed by atoms with van der Waals surface area (Å²) in [7, 11) is 0. The normalized spacial score (nSPS) is 7.82. The van der Waals surface area contributed by atoms with Crippen molar-refractivity contribution < 1.29 is 30.7 Å². The Kier molecular flexibility index (Phi) is 19.8. The van der Waals surface area contributed by atoms with Crippen LogP contribution in [-0.4, -0.2) is 12.6 Å². The van der Waals surface area contributed by atoms with Crippen LogP contribution in [0.5, 0.6) is 0 Å². The zero-order chi connectivity index (χ0) is 8.57. The molecule has 0 saturated carbocycles. The van der Waals surface area contributed by atoms with Crippen LogP contribution in [0.15, 0.2) is 0 Å². The van der Waals surface area contributed by atoms with Gasteiger partial charge in [-0.3, -0.25) is 12.6 Å². The molecule has 0 aliphatic heterocycles. The van der Waals surface area contributed by atoms with Crippen molar-refractivity contribution in [2.45, 2.75) is 27.7 Å². The van der Waals surface area contributed by atoms with Crippen molar-refractivity contribution in [3.8, 4) is 0 Å². The summed E-state index contributed by atoms with van der Waals surface area (Å²) in [6.07, 6.45) is 3.56. The molecule has 11 heavy (non-hydrogen) atoms. The average Bonchev–Trinajstić information content (AvgIpc) is 1.89. The monoisotopic (exact) mass is 326 g/mol. The predicted octanol–water partition coefficient (Wildman–Crippen LogP) is 1.50. The zero-order valence-electron chi connectivity index (χ0n) is 7.38. The summed E-state index contributed by atoms with van der Waals surface area (Å²) in [5, 5.41) is 0.